The van der Waals surface area contributed by atoms with Crippen LogP contribution in [0.1, 0.15) is 12.5 Å². The zero-order chi connectivity index (χ0) is 12.5. The van der Waals surface area contributed by atoms with Gasteiger partial charge in [0.15, 0.2) is 0 Å². The van der Waals surface area contributed by atoms with Gasteiger partial charge in [-0.3, -0.25) is 0 Å². The fraction of sp³-hybridized carbons (Fsp3) is 0.214. The van der Waals surface area contributed by atoms with Gasteiger partial charge in [-0.05, 0) is 29.3 Å². The first-order valence-corrected chi connectivity index (χ1v) is 5.34. The Morgan fingerprint density at radius 1 is 1.18 bits per heavy atom. The Bertz CT molecular complexity index is 562. The van der Waals surface area contributed by atoms with Crippen LogP contribution in [-0.2, 0) is 15.1 Å². The standard InChI is InChI=1S/C14H14O3/c1-14(17-2,13(15)16)12-8-7-10-5-3-4-6-11(10)9-12/h3-9H,1-2H3,(H,15,16)/p-1/t14-/m1/s1. The molecular weight excluding hydrogens is 216 g/mol. The minimum atomic E-state index is -1.41. The quantitative estimate of drug-likeness (QED) is 0.800. The Balaban J connectivity index is 2.59. The van der Waals surface area contributed by atoms with Crippen molar-refractivity contribution in [2.75, 3.05) is 7.11 Å². The van der Waals surface area contributed by atoms with Crippen molar-refractivity contribution in [1.29, 1.82) is 0 Å². The lowest BCUT2D eigenvalue weighted by Crippen LogP contribution is -2.45. The van der Waals surface area contributed by atoms with Gasteiger partial charge in [0.2, 0.25) is 0 Å². The van der Waals surface area contributed by atoms with Crippen molar-refractivity contribution in [3.05, 3.63) is 48.0 Å². The summed E-state index contributed by atoms with van der Waals surface area (Å²) in [5, 5.41) is 13.2. The Kier molecular flexibility index (Phi) is 2.86. The van der Waals surface area contributed by atoms with Crippen molar-refractivity contribution < 1.29 is 14.6 Å². The number of carboxylic acids is 1. The number of carbonyl (C=O) groups is 1. The summed E-state index contributed by atoms with van der Waals surface area (Å²) in [5.74, 6) is -1.24. The number of rotatable bonds is 3. The Morgan fingerprint density at radius 2 is 1.82 bits per heavy atom. The summed E-state index contributed by atoms with van der Waals surface area (Å²) in [6.45, 7) is 1.49. The molecule has 0 saturated carbocycles. The first-order valence-electron chi connectivity index (χ1n) is 5.34. The predicted octanol–water partition coefficient (Wildman–Crippen LogP) is 1.45. The van der Waals surface area contributed by atoms with Gasteiger partial charge in [-0.15, -0.1) is 0 Å². The molecular formula is C14H13O3-. The summed E-state index contributed by atoms with van der Waals surface area (Å²) in [4.78, 5) is 11.2. The van der Waals surface area contributed by atoms with E-state index in [1.807, 2.05) is 36.4 Å². The second-order valence-electron chi connectivity index (χ2n) is 4.09. The van der Waals surface area contributed by atoms with Crippen LogP contribution in [0.4, 0.5) is 0 Å². The molecule has 0 fully saturated rings. The second-order valence-corrected chi connectivity index (χ2v) is 4.09. The lowest BCUT2D eigenvalue weighted by atomic mass is 9.93. The summed E-state index contributed by atoms with van der Waals surface area (Å²) < 4.78 is 5.07. The molecule has 2 rings (SSSR count). The van der Waals surface area contributed by atoms with Gasteiger partial charge < -0.3 is 14.6 Å². The van der Waals surface area contributed by atoms with Crippen molar-refractivity contribution in [3.8, 4) is 0 Å². The van der Waals surface area contributed by atoms with Crippen molar-refractivity contribution in [2.24, 2.45) is 0 Å². The van der Waals surface area contributed by atoms with E-state index in [2.05, 4.69) is 0 Å². The summed E-state index contributed by atoms with van der Waals surface area (Å²) in [7, 11) is 1.37. The van der Waals surface area contributed by atoms with Crippen LogP contribution in [0.3, 0.4) is 0 Å². The van der Waals surface area contributed by atoms with Crippen LogP contribution < -0.4 is 5.11 Å². The Hall–Kier alpha value is -1.87. The van der Waals surface area contributed by atoms with Crippen LogP contribution in [0.5, 0.6) is 0 Å². The predicted molar refractivity (Wildman–Crippen MR) is 63.3 cm³/mol. The average Bonchev–Trinajstić information content (AvgIpc) is 2.37. The third kappa shape index (κ3) is 1.89. The van der Waals surface area contributed by atoms with Gasteiger partial charge in [-0.2, -0.15) is 0 Å². The van der Waals surface area contributed by atoms with Gasteiger partial charge in [-0.1, -0.05) is 36.4 Å². The first kappa shape index (κ1) is 11.6. The van der Waals surface area contributed by atoms with Crippen molar-refractivity contribution >= 4 is 16.7 Å². The van der Waals surface area contributed by atoms with E-state index in [9.17, 15) is 9.90 Å². The smallest absolute Gasteiger partial charge is 0.129 e. The van der Waals surface area contributed by atoms with Crippen LogP contribution in [0.25, 0.3) is 10.8 Å². The summed E-state index contributed by atoms with van der Waals surface area (Å²) >= 11 is 0. The van der Waals surface area contributed by atoms with Crippen molar-refractivity contribution in [2.45, 2.75) is 12.5 Å². The molecule has 0 aromatic heterocycles. The van der Waals surface area contributed by atoms with Crippen LogP contribution >= 0.6 is 0 Å². The Labute approximate surface area is 99.6 Å². The molecule has 0 spiro atoms. The van der Waals surface area contributed by atoms with Gasteiger partial charge in [0, 0.05) is 7.11 Å². The number of carbonyl (C=O) groups excluding carboxylic acids is 1. The van der Waals surface area contributed by atoms with Gasteiger partial charge in [0.1, 0.15) is 5.60 Å². The van der Waals surface area contributed by atoms with Gasteiger partial charge in [-0.25, -0.2) is 0 Å². The van der Waals surface area contributed by atoms with E-state index in [0.29, 0.717) is 5.56 Å². The number of hydrogen-bond acceptors (Lipinski definition) is 3. The maximum atomic E-state index is 11.2. The molecule has 0 unspecified atom stereocenters. The van der Waals surface area contributed by atoms with E-state index in [-0.39, 0.29) is 0 Å². The highest BCUT2D eigenvalue weighted by molar-refractivity contribution is 5.85. The molecule has 2 aromatic rings. The van der Waals surface area contributed by atoms with Gasteiger partial charge in [0.25, 0.3) is 0 Å². The van der Waals surface area contributed by atoms with E-state index < -0.39 is 11.6 Å². The minimum Gasteiger partial charge on any atom is -0.547 e. The molecule has 88 valence electrons. The summed E-state index contributed by atoms with van der Waals surface area (Å²) in [5.41, 5.74) is -0.831. The first-order chi connectivity index (χ1) is 8.08. The van der Waals surface area contributed by atoms with Gasteiger partial charge in [0.05, 0.1) is 5.97 Å². The topological polar surface area (TPSA) is 49.4 Å². The number of benzene rings is 2. The maximum Gasteiger partial charge on any atom is 0.129 e. The molecule has 2 aromatic carbocycles. The van der Waals surface area contributed by atoms with Crippen molar-refractivity contribution in [3.63, 3.8) is 0 Å². The number of methoxy groups -OCH3 is 1. The van der Waals surface area contributed by atoms with E-state index in [4.69, 9.17) is 4.74 Å². The highest BCUT2D eigenvalue weighted by Gasteiger charge is 2.27. The SMILES string of the molecule is CO[C@@](C)(C(=O)[O-])c1ccc2ccccc2c1. The molecule has 0 radical (unpaired) electrons. The van der Waals surface area contributed by atoms with E-state index in [0.717, 1.165) is 10.8 Å². The molecule has 0 amide bonds. The molecule has 0 aliphatic carbocycles. The molecule has 0 aliphatic heterocycles. The zero-order valence-corrected chi connectivity index (χ0v) is 9.77. The van der Waals surface area contributed by atoms with Crippen LogP contribution in [0.2, 0.25) is 0 Å². The highest BCUT2D eigenvalue weighted by atomic mass is 16.5. The number of carboxylic acid groups (broad SMARTS) is 1. The molecule has 3 nitrogen and oxygen atoms in total. The van der Waals surface area contributed by atoms with Crippen LogP contribution in [-0.4, -0.2) is 13.1 Å². The summed E-state index contributed by atoms with van der Waals surface area (Å²) in [6, 6.07) is 13.2. The largest absolute Gasteiger partial charge is 0.547 e. The third-order valence-corrected chi connectivity index (χ3v) is 3.10. The number of hydrogen-bond donors (Lipinski definition) is 0. The zero-order valence-electron chi connectivity index (χ0n) is 9.77. The Morgan fingerprint density at radius 3 is 2.41 bits per heavy atom. The van der Waals surface area contributed by atoms with Gasteiger partial charge >= 0.3 is 0 Å². The maximum absolute atomic E-state index is 11.2. The van der Waals surface area contributed by atoms with E-state index >= 15 is 0 Å². The number of fused-ring (bicyclic) bond motifs is 1. The fourth-order valence-electron chi connectivity index (χ4n) is 1.81. The van der Waals surface area contributed by atoms with E-state index in [1.165, 1.54) is 14.0 Å². The van der Waals surface area contributed by atoms with Crippen molar-refractivity contribution in [1.82, 2.24) is 0 Å². The fourth-order valence-corrected chi connectivity index (χ4v) is 1.81. The molecule has 0 saturated heterocycles. The highest BCUT2D eigenvalue weighted by Crippen LogP contribution is 2.27. The average molecular weight is 229 g/mol. The minimum absolute atomic E-state index is 0.582. The molecule has 0 bridgehead atoms. The van der Waals surface area contributed by atoms with Crippen LogP contribution in [0, 0.1) is 0 Å². The monoisotopic (exact) mass is 229 g/mol. The molecule has 3 heteroatoms. The lowest BCUT2D eigenvalue weighted by molar-refractivity contribution is -0.326. The normalized spacial score (nSPS) is 14.5. The van der Waals surface area contributed by atoms with Crippen LogP contribution in [0.15, 0.2) is 42.5 Å². The van der Waals surface area contributed by atoms with E-state index in [1.54, 1.807) is 6.07 Å². The third-order valence-electron chi connectivity index (χ3n) is 3.10. The molecule has 0 aliphatic rings. The summed E-state index contributed by atoms with van der Waals surface area (Å²) in [6.07, 6.45) is 0. The number of aliphatic carboxylic acids is 1. The molecule has 0 N–H and O–H groups in total. The second kappa shape index (κ2) is 4.18. The molecule has 0 heterocycles. The number of ether oxygens (including phenoxy) is 1. The molecule has 17 heavy (non-hydrogen) atoms. The lowest BCUT2D eigenvalue weighted by Gasteiger charge is -2.29. The molecule has 1 atom stereocenters.